The summed E-state index contributed by atoms with van der Waals surface area (Å²) < 4.78 is 5.15. The van der Waals surface area contributed by atoms with Gasteiger partial charge in [0.1, 0.15) is 12.0 Å². The number of nitrogens with zero attached hydrogens (tertiary/aromatic N) is 3. The molecule has 4 aromatic rings. The number of aromatic amines is 1. The van der Waals surface area contributed by atoms with Crippen LogP contribution in [0.25, 0.3) is 33.1 Å². The molecule has 1 aromatic carbocycles. The highest BCUT2D eigenvalue weighted by Gasteiger charge is 2.09. The molecule has 1 N–H and O–H groups in total. The van der Waals surface area contributed by atoms with Gasteiger partial charge in [0.25, 0.3) is 0 Å². The summed E-state index contributed by atoms with van der Waals surface area (Å²) in [5.41, 5.74) is 3.96. The Hall–Kier alpha value is -2.95. The molecule has 0 unspecified atom stereocenters. The Morgan fingerprint density at radius 3 is 3.00 bits per heavy atom. The van der Waals surface area contributed by atoms with Crippen molar-refractivity contribution in [3.63, 3.8) is 0 Å². The van der Waals surface area contributed by atoms with E-state index in [1.54, 1.807) is 13.4 Å². The summed E-state index contributed by atoms with van der Waals surface area (Å²) in [5, 5.41) is 2.08. The van der Waals surface area contributed by atoms with Crippen molar-refractivity contribution in [1.82, 2.24) is 19.9 Å². The molecule has 0 aliphatic carbocycles. The molecule has 0 amide bonds. The highest BCUT2D eigenvalue weighted by molar-refractivity contribution is 5.96. The lowest BCUT2D eigenvalue weighted by Crippen LogP contribution is -1.87. The highest BCUT2D eigenvalue weighted by atomic mass is 16.5. The van der Waals surface area contributed by atoms with E-state index in [-0.39, 0.29) is 0 Å². The molecule has 0 bridgehead atoms. The second-order valence-corrected chi connectivity index (χ2v) is 4.75. The Labute approximate surface area is 120 Å². The Bertz CT molecular complexity index is 945. The Morgan fingerprint density at radius 2 is 2.10 bits per heavy atom. The maximum absolute atomic E-state index is 5.15. The number of hydrogen-bond donors (Lipinski definition) is 1. The van der Waals surface area contributed by atoms with Gasteiger partial charge < -0.3 is 9.72 Å². The van der Waals surface area contributed by atoms with Crippen molar-refractivity contribution >= 4 is 21.9 Å². The first-order chi connectivity index (χ1) is 10.3. The lowest BCUT2D eigenvalue weighted by molar-refractivity contribution is 0.399. The quantitative estimate of drug-likeness (QED) is 0.610. The van der Waals surface area contributed by atoms with Crippen LogP contribution >= 0.6 is 0 Å². The standard InChI is InChI=1S/C16H12N4O/c1-21-15-5-3-12-13(8-18-16(12)20-15)10-2-4-14-11(6-10)7-17-9-19-14/h2-9H,1H3,(H,18,20). The smallest absolute Gasteiger partial charge is 0.214 e. The number of H-pyrrole nitrogens is 1. The van der Waals surface area contributed by atoms with Crippen LogP contribution in [0.4, 0.5) is 0 Å². The van der Waals surface area contributed by atoms with Gasteiger partial charge in [-0.15, -0.1) is 0 Å². The number of rotatable bonds is 2. The lowest BCUT2D eigenvalue weighted by atomic mass is 10.0. The summed E-state index contributed by atoms with van der Waals surface area (Å²) in [5.74, 6) is 0.600. The summed E-state index contributed by atoms with van der Waals surface area (Å²) in [6, 6.07) is 10.0. The minimum Gasteiger partial charge on any atom is -0.481 e. The average molecular weight is 276 g/mol. The third-order valence-electron chi connectivity index (χ3n) is 3.54. The third kappa shape index (κ3) is 1.90. The summed E-state index contributed by atoms with van der Waals surface area (Å²) in [6.07, 6.45) is 5.34. The van der Waals surface area contributed by atoms with E-state index < -0.39 is 0 Å². The number of benzene rings is 1. The number of pyridine rings is 1. The molecule has 3 heterocycles. The Balaban J connectivity index is 1.91. The number of methoxy groups -OCH3 is 1. The van der Waals surface area contributed by atoms with E-state index in [4.69, 9.17) is 4.74 Å². The molecule has 5 nitrogen and oxygen atoms in total. The molecule has 0 aliphatic rings. The fourth-order valence-electron chi connectivity index (χ4n) is 2.49. The number of nitrogens with one attached hydrogen (secondary N) is 1. The third-order valence-corrected chi connectivity index (χ3v) is 3.54. The van der Waals surface area contributed by atoms with E-state index in [9.17, 15) is 0 Å². The van der Waals surface area contributed by atoms with Crippen LogP contribution in [-0.2, 0) is 0 Å². The molecule has 0 radical (unpaired) electrons. The van der Waals surface area contributed by atoms with Crippen LogP contribution in [0.2, 0.25) is 0 Å². The van der Waals surface area contributed by atoms with E-state index in [1.165, 1.54) is 0 Å². The van der Waals surface area contributed by atoms with Crippen LogP contribution in [0.1, 0.15) is 0 Å². The van der Waals surface area contributed by atoms with E-state index >= 15 is 0 Å². The summed E-state index contributed by atoms with van der Waals surface area (Å²) in [6.45, 7) is 0. The first-order valence-electron chi connectivity index (χ1n) is 6.57. The minimum atomic E-state index is 0.600. The first-order valence-corrected chi connectivity index (χ1v) is 6.57. The van der Waals surface area contributed by atoms with Crippen molar-refractivity contribution in [2.24, 2.45) is 0 Å². The second kappa shape index (κ2) is 4.56. The van der Waals surface area contributed by atoms with E-state index in [2.05, 4.69) is 32.1 Å². The molecule has 5 heteroatoms. The van der Waals surface area contributed by atoms with Gasteiger partial charge in [-0.05, 0) is 23.8 Å². The monoisotopic (exact) mass is 276 g/mol. The fourth-order valence-corrected chi connectivity index (χ4v) is 2.49. The van der Waals surface area contributed by atoms with Gasteiger partial charge in [0.2, 0.25) is 5.88 Å². The van der Waals surface area contributed by atoms with Gasteiger partial charge in [-0.3, -0.25) is 0 Å². The summed E-state index contributed by atoms with van der Waals surface area (Å²) in [4.78, 5) is 15.9. The zero-order valence-electron chi connectivity index (χ0n) is 11.4. The Kier molecular flexibility index (Phi) is 2.57. The molecular weight excluding hydrogens is 264 g/mol. The van der Waals surface area contributed by atoms with Crippen molar-refractivity contribution in [1.29, 1.82) is 0 Å². The molecule has 0 fully saturated rings. The molecular formula is C16H12N4O. The van der Waals surface area contributed by atoms with Crippen molar-refractivity contribution in [3.05, 3.63) is 49.1 Å². The highest BCUT2D eigenvalue weighted by Crippen LogP contribution is 2.30. The van der Waals surface area contributed by atoms with Gasteiger partial charge in [0.05, 0.1) is 12.6 Å². The normalized spacial score (nSPS) is 11.1. The first kappa shape index (κ1) is 11.8. The van der Waals surface area contributed by atoms with Crippen molar-refractivity contribution in [3.8, 4) is 17.0 Å². The molecule has 0 aliphatic heterocycles. The van der Waals surface area contributed by atoms with Crippen molar-refractivity contribution in [2.75, 3.05) is 7.11 Å². The zero-order valence-corrected chi connectivity index (χ0v) is 11.4. The van der Waals surface area contributed by atoms with Gasteiger partial charge >= 0.3 is 0 Å². The molecule has 102 valence electrons. The van der Waals surface area contributed by atoms with Crippen LogP contribution in [0, 0.1) is 0 Å². The fraction of sp³-hybridized carbons (Fsp3) is 0.0625. The molecule has 21 heavy (non-hydrogen) atoms. The van der Waals surface area contributed by atoms with Gasteiger partial charge in [0, 0.05) is 34.8 Å². The van der Waals surface area contributed by atoms with Gasteiger partial charge in [-0.2, -0.15) is 4.98 Å². The predicted octanol–water partition coefficient (Wildman–Crippen LogP) is 3.18. The van der Waals surface area contributed by atoms with E-state index in [1.807, 2.05) is 30.6 Å². The zero-order chi connectivity index (χ0) is 14.2. The molecule has 0 spiro atoms. The van der Waals surface area contributed by atoms with E-state index in [0.717, 1.165) is 33.1 Å². The lowest BCUT2D eigenvalue weighted by Gasteiger charge is -2.02. The molecule has 3 aromatic heterocycles. The average Bonchev–Trinajstić information content (AvgIpc) is 2.97. The molecule has 0 saturated carbocycles. The van der Waals surface area contributed by atoms with Crippen LogP contribution in [0.3, 0.4) is 0 Å². The second-order valence-electron chi connectivity index (χ2n) is 4.75. The molecule has 0 atom stereocenters. The molecule has 0 saturated heterocycles. The SMILES string of the molecule is COc1ccc2c(-c3ccc4ncncc4c3)c[nH]c2n1. The maximum atomic E-state index is 5.15. The summed E-state index contributed by atoms with van der Waals surface area (Å²) >= 11 is 0. The van der Waals surface area contributed by atoms with Gasteiger partial charge in [-0.25, -0.2) is 9.97 Å². The predicted molar refractivity (Wildman–Crippen MR) is 81.2 cm³/mol. The van der Waals surface area contributed by atoms with Gasteiger partial charge in [-0.1, -0.05) is 6.07 Å². The van der Waals surface area contributed by atoms with Crippen LogP contribution in [0.5, 0.6) is 5.88 Å². The number of fused-ring (bicyclic) bond motifs is 2. The number of ether oxygens (including phenoxy) is 1. The summed E-state index contributed by atoms with van der Waals surface area (Å²) in [7, 11) is 1.61. The van der Waals surface area contributed by atoms with Crippen LogP contribution in [0.15, 0.2) is 49.1 Å². The topological polar surface area (TPSA) is 63.7 Å². The van der Waals surface area contributed by atoms with Crippen LogP contribution < -0.4 is 4.74 Å². The molecule has 4 rings (SSSR count). The largest absolute Gasteiger partial charge is 0.481 e. The number of aromatic nitrogens is 4. The van der Waals surface area contributed by atoms with Crippen molar-refractivity contribution < 1.29 is 4.74 Å². The number of hydrogen-bond acceptors (Lipinski definition) is 4. The van der Waals surface area contributed by atoms with E-state index in [0.29, 0.717) is 5.88 Å². The maximum Gasteiger partial charge on any atom is 0.214 e. The minimum absolute atomic E-state index is 0.600. The van der Waals surface area contributed by atoms with Gasteiger partial charge in [0.15, 0.2) is 0 Å². The Morgan fingerprint density at radius 1 is 1.14 bits per heavy atom. The van der Waals surface area contributed by atoms with Crippen molar-refractivity contribution in [2.45, 2.75) is 0 Å². The van der Waals surface area contributed by atoms with Crippen LogP contribution in [-0.4, -0.2) is 27.0 Å².